The van der Waals surface area contributed by atoms with Crippen LogP contribution >= 0.6 is 0 Å². The highest BCUT2D eigenvalue weighted by Crippen LogP contribution is 2.63. The van der Waals surface area contributed by atoms with Crippen molar-refractivity contribution in [3.05, 3.63) is 0 Å². The van der Waals surface area contributed by atoms with Crippen molar-refractivity contribution in [2.24, 2.45) is 17.1 Å². The Labute approximate surface area is 103 Å². The van der Waals surface area contributed by atoms with E-state index in [0.717, 1.165) is 6.42 Å². The zero-order valence-electron chi connectivity index (χ0n) is 10.7. The minimum atomic E-state index is -0.423. The molecule has 2 fully saturated rings. The van der Waals surface area contributed by atoms with Gasteiger partial charge in [-0.15, -0.1) is 0 Å². The average molecular weight is 238 g/mol. The molecule has 4 nitrogen and oxygen atoms in total. The topological polar surface area (TPSA) is 63.4 Å². The van der Waals surface area contributed by atoms with Gasteiger partial charge >= 0.3 is 0 Å². The third-order valence-corrected chi connectivity index (χ3v) is 4.32. The minimum absolute atomic E-state index is 0.0500. The summed E-state index contributed by atoms with van der Waals surface area (Å²) in [6.07, 6.45) is 5.90. The van der Waals surface area contributed by atoms with Crippen molar-refractivity contribution in [2.75, 3.05) is 6.54 Å². The standard InChI is InChI=1S/C13H22N2O2/c1-9(2)15(8-11(14)16)12(17)10-7-13(10)5-3-4-6-13/h9-10H,3-8H2,1-2H3,(H2,14,16). The molecule has 2 aliphatic rings. The third-order valence-electron chi connectivity index (χ3n) is 4.32. The summed E-state index contributed by atoms with van der Waals surface area (Å²) < 4.78 is 0. The predicted molar refractivity (Wildman–Crippen MR) is 65.1 cm³/mol. The van der Waals surface area contributed by atoms with Crippen LogP contribution in [0.3, 0.4) is 0 Å². The van der Waals surface area contributed by atoms with Crippen LogP contribution in [-0.2, 0) is 9.59 Å². The number of carbonyl (C=O) groups excluding carboxylic acids is 2. The molecule has 0 aromatic carbocycles. The van der Waals surface area contributed by atoms with E-state index >= 15 is 0 Å². The molecule has 1 atom stereocenters. The summed E-state index contributed by atoms with van der Waals surface area (Å²) in [7, 11) is 0. The normalized spacial score (nSPS) is 25.2. The summed E-state index contributed by atoms with van der Waals surface area (Å²) in [5.41, 5.74) is 5.50. The van der Waals surface area contributed by atoms with Crippen LogP contribution in [0.1, 0.15) is 46.0 Å². The van der Waals surface area contributed by atoms with Crippen molar-refractivity contribution in [3.63, 3.8) is 0 Å². The lowest BCUT2D eigenvalue weighted by Gasteiger charge is -2.26. The molecule has 0 aromatic rings. The second-order valence-electron chi connectivity index (χ2n) is 5.85. The SMILES string of the molecule is CC(C)N(CC(N)=O)C(=O)C1CC12CCCC2. The smallest absolute Gasteiger partial charge is 0.237 e. The first-order chi connectivity index (χ1) is 7.96. The molecule has 1 unspecified atom stereocenters. The van der Waals surface area contributed by atoms with Crippen molar-refractivity contribution >= 4 is 11.8 Å². The van der Waals surface area contributed by atoms with Crippen molar-refractivity contribution in [1.29, 1.82) is 0 Å². The summed E-state index contributed by atoms with van der Waals surface area (Å²) in [6, 6.07) is 0.0500. The summed E-state index contributed by atoms with van der Waals surface area (Å²) in [5.74, 6) is -0.124. The van der Waals surface area contributed by atoms with Gasteiger partial charge in [-0.25, -0.2) is 0 Å². The molecular formula is C13H22N2O2. The van der Waals surface area contributed by atoms with E-state index in [1.165, 1.54) is 25.7 Å². The highest BCUT2D eigenvalue weighted by molar-refractivity contribution is 5.87. The van der Waals surface area contributed by atoms with E-state index in [2.05, 4.69) is 0 Å². The fourth-order valence-corrected chi connectivity index (χ4v) is 3.21. The largest absolute Gasteiger partial charge is 0.368 e. The van der Waals surface area contributed by atoms with Crippen LogP contribution in [0, 0.1) is 11.3 Å². The molecule has 0 saturated heterocycles. The maximum absolute atomic E-state index is 12.4. The molecule has 0 aromatic heterocycles. The van der Waals surface area contributed by atoms with Gasteiger partial charge in [0.15, 0.2) is 0 Å². The maximum atomic E-state index is 12.4. The lowest BCUT2D eigenvalue weighted by Crippen LogP contribution is -2.44. The van der Waals surface area contributed by atoms with Gasteiger partial charge in [0.1, 0.15) is 0 Å². The summed E-state index contributed by atoms with van der Waals surface area (Å²) >= 11 is 0. The van der Waals surface area contributed by atoms with E-state index < -0.39 is 5.91 Å². The van der Waals surface area contributed by atoms with Gasteiger partial charge in [0.25, 0.3) is 0 Å². The highest BCUT2D eigenvalue weighted by Gasteiger charge is 2.59. The molecule has 2 amide bonds. The molecule has 2 rings (SSSR count). The Kier molecular flexibility index (Phi) is 3.15. The molecule has 1 spiro atoms. The van der Waals surface area contributed by atoms with E-state index in [4.69, 9.17) is 5.73 Å². The van der Waals surface area contributed by atoms with E-state index in [0.29, 0.717) is 5.41 Å². The molecule has 0 bridgehead atoms. The Hall–Kier alpha value is -1.06. The zero-order chi connectivity index (χ0) is 12.6. The van der Waals surface area contributed by atoms with Crippen LogP contribution < -0.4 is 5.73 Å². The first-order valence-electron chi connectivity index (χ1n) is 6.55. The second kappa shape index (κ2) is 4.31. The minimum Gasteiger partial charge on any atom is -0.368 e. The fraction of sp³-hybridized carbons (Fsp3) is 0.846. The van der Waals surface area contributed by atoms with Crippen LogP contribution in [0.4, 0.5) is 0 Å². The van der Waals surface area contributed by atoms with Gasteiger partial charge in [0.2, 0.25) is 11.8 Å². The lowest BCUT2D eigenvalue weighted by atomic mass is 10.0. The molecule has 2 N–H and O–H groups in total. The molecule has 0 aliphatic heterocycles. The van der Waals surface area contributed by atoms with E-state index in [9.17, 15) is 9.59 Å². The maximum Gasteiger partial charge on any atom is 0.237 e. The van der Waals surface area contributed by atoms with Gasteiger partial charge in [-0.1, -0.05) is 12.8 Å². The van der Waals surface area contributed by atoms with Crippen LogP contribution in [0.2, 0.25) is 0 Å². The molecular weight excluding hydrogens is 216 g/mol. The Bertz CT molecular complexity index is 332. The number of nitrogens with zero attached hydrogens (tertiary/aromatic N) is 1. The quantitative estimate of drug-likeness (QED) is 0.802. The fourth-order valence-electron chi connectivity index (χ4n) is 3.21. The molecule has 4 heteroatoms. The van der Waals surface area contributed by atoms with Gasteiger partial charge in [0, 0.05) is 12.0 Å². The van der Waals surface area contributed by atoms with Crippen LogP contribution in [0.15, 0.2) is 0 Å². The number of carbonyl (C=O) groups is 2. The number of amides is 2. The number of primary amides is 1. The van der Waals surface area contributed by atoms with E-state index in [1.807, 2.05) is 13.8 Å². The molecule has 17 heavy (non-hydrogen) atoms. The van der Waals surface area contributed by atoms with Crippen LogP contribution in [0.25, 0.3) is 0 Å². The number of hydrogen-bond donors (Lipinski definition) is 1. The summed E-state index contributed by atoms with van der Waals surface area (Å²) in [6.45, 7) is 3.93. The molecule has 2 aliphatic carbocycles. The molecule has 96 valence electrons. The monoisotopic (exact) mass is 238 g/mol. The van der Waals surface area contributed by atoms with Crippen molar-refractivity contribution in [3.8, 4) is 0 Å². The lowest BCUT2D eigenvalue weighted by molar-refractivity contribution is -0.138. The van der Waals surface area contributed by atoms with Gasteiger partial charge < -0.3 is 10.6 Å². The Morgan fingerprint density at radius 1 is 1.35 bits per heavy atom. The highest BCUT2D eigenvalue weighted by atomic mass is 16.2. The molecule has 0 radical (unpaired) electrons. The van der Waals surface area contributed by atoms with Gasteiger partial charge in [-0.05, 0) is 38.5 Å². The Balaban J connectivity index is 2.00. The first-order valence-corrected chi connectivity index (χ1v) is 6.55. The molecule has 2 saturated carbocycles. The Morgan fingerprint density at radius 3 is 2.41 bits per heavy atom. The van der Waals surface area contributed by atoms with Crippen molar-refractivity contribution in [2.45, 2.75) is 52.0 Å². The summed E-state index contributed by atoms with van der Waals surface area (Å²) in [5, 5.41) is 0. The molecule has 0 heterocycles. The van der Waals surface area contributed by atoms with E-state index in [1.54, 1.807) is 4.90 Å². The van der Waals surface area contributed by atoms with Crippen LogP contribution in [-0.4, -0.2) is 29.3 Å². The van der Waals surface area contributed by atoms with Gasteiger partial charge in [-0.3, -0.25) is 9.59 Å². The third kappa shape index (κ3) is 2.31. The summed E-state index contributed by atoms with van der Waals surface area (Å²) in [4.78, 5) is 25.0. The average Bonchev–Trinajstić information content (AvgIpc) is 2.71. The first kappa shape index (κ1) is 12.4. The predicted octanol–water partition coefficient (Wildman–Crippen LogP) is 1.29. The number of hydrogen-bond acceptors (Lipinski definition) is 2. The second-order valence-corrected chi connectivity index (χ2v) is 5.85. The number of nitrogens with two attached hydrogens (primary N) is 1. The number of rotatable bonds is 4. The van der Waals surface area contributed by atoms with Gasteiger partial charge in [-0.2, -0.15) is 0 Å². The van der Waals surface area contributed by atoms with Gasteiger partial charge in [0.05, 0.1) is 6.54 Å². The Morgan fingerprint density at radius 2 is 1.94 bits per heavy atom. The van der Waals surface area contributed by atoms with Crippen LogP contribution in [0.5, 0.6) is 0 Å². The van der Waals surface area contributed by atoms with E-state index in [-0.39, 0.29) is 24.4 Å². The van der Waals surface area contributed by atoms with Crippen molar-refractivity contribution in [1.82, 2.24) is 4.90 Å². The zero-order valence-corrected chi connectivity index (χ0v) is 10.7. The van der Waals surface area contributed by atoms with Crippen molar-refractivity contribution < 1.29 is 9.59 Å².